The van der Waals surface area contributed by atoms with Gasteiger partial charge < -0.3 is 10.1 Å². The van der Waals surface area contributed by atoms with Crippen molar-refractivity contribution in [2.45, 2.75) is 38.3 Å². The Hall–Kier alpha value is -0.860. The molecule has 1 heterocycles. The van der Waals surface area contributed by atoms with E-state index in [0.717, 1.165) is 13.0 Å². The summed E-state index contributed by atoms with van der Waals surface area (Å²) in [7, 11) is 1.76. The number of nitrogens with one attached hydrogen (secondary N) is 1. The van der Waals surface area contributed by atoms with Gasteiger partial charge in [0, 0.05) is 13.2 Å². The van der Waals surface area contributed by atoms with Gasteiger partial charge in [0.25, 0.3) is 0 Å². The molecular formula is C14H21NO. The lowest BCUT2D eigenvalue weighted by atomic mass is 9.95. The highest BCUT2D eigenvalue weighted by Crippen LogP contribution is 2.16. The molecule has 0 spiro atoms. The van der Waals surface area contributed by atoms with Gasteiger partial charge in [-0.3, -0.25) is 0 Å². The van der Waals surface area contributed by atoms with E-state index in [4.69, 9.17) is 4.74 Å². The molecule has 1 aromatic carbocycles. The van der Waals surface area contributed by atoms with E-state index in [0.29, 0.717) is 6.04 Å². The summed E-state index contributed by atoms with van der Waals surface area (Å²) in [4.78, 5) is 0. The van der Waals surface area contributed by atoms with E-state index in [1.807, 2.05) is 0 Å². The minimum atomic E-state index is 0.659. The molecule has 1 atom stereocenters. The molecule has 1 unspecified atom stereocenters. The van der Waals surface area contributed by atoms with E-state index in [1.165, 1.54) is 36.9 Å². The minimum absolute atomic E-state index is 0.659. The van der Waals surface area contributed by atoms with E-state index < -0.39 is 0 Å². The van der Waals surface area contributed by atoms with Crippen LogP contribution in [0, 0.1) is 0 Å². The van der Waals surface area contributed by atoms with Crippen molar-refractivity contribution in [3.63, 3.8) is 0 Å². The topological polar surface area (TPSA) is 21.3 Å². The predicted octanol–water partition coefficient (Wildman–Crippen LogP) is 2.52. The minimum Gasteiger partial charge on any atom is -0.380 e. The smallest absolute Gasteiger partial charge is 0.0715 e. The molecule has 0 radical (unpaired) electrons. The van der Waals surface area contributed by atoms with Gasteiger partial charge in [-0.15, -0.1) is 0 Å². The number of hydrogen-bond acceptors (Lipinski definition) is 2. The first-order chi connectivity index (χ1) is 7.90. The van der Waals surface area contributed by atoms with Crippen LogP contribution in [-0.4, -0.2) is 19.7 Å². The lowest BCUT2D eigenvalue weighted by Gasteiger charge is -2.24. The second-order valence-corrected chi connectivity index (χ2v) is 4.55. The molecule has 1 aliphatic heterocycles. The van der Waals surface area contributed by atoms with Crippen LogP contribution in [-0.2, 0) is 17.8 Å². The Morgan fingerprint density at radius 3 is 2.75 bits per heavy atom. The zero-order valence-electron chi connectivity index (χ0n) is 10.0. The first-order valence-electron chi connectivity index (χ1n) is 6.19. The molecule has 0 aliphatic carbocycles. The Morgan fingerprint density at radius 2 is 2.06 bits per heavy atom. The van der Waals surface area contributed by atoms with Gasteiger partial charge in [0.05, 0.1) is 6.61 Å². The second-order valence-electron chi connectivity index (χ2n) is 4.55. The molecule has 0 bridgehead atoms. The molecule has 2 heteroatoms. The zero-order chi connectivity index (χ0) is 11.2. The highest BCUT2D eigenvalue weighted by atomic mass is 16.5. The van der Waals surface area contributed by atoms with Crippen LogP contribution in [0.2, 0.25) is 0 Å². The van der Waals surface area contributed by atoms with Gasteiger partial charge in [0.1, 0.15) is 0 Å². The van der Waals surface area contributed by atoms with E-state index in [2.05, 4.69) is 29.6 Å². The molecule has 0 amide bonds. The van der Waals surface area contributed by atoms with E-state index in [-0.39, 0.29) is 0 Å². The van der Waals surface area contributed by atoms with Gasteiger partial charge in [0.15, 0.2) is 0 Å². The summed E-state index contributed by atoms with van der Waals surface area (Å²) in [6.45, 7) is 1.90. The average Bonchev–Trinajstić information content (AvgIpc) is 2.33. The van der Waals surface area contributed by atoms with Gasteiger partial charge in [0.2, 0.25) is 0 Å². The van der Waals surface area contributed by atoms with E-state index >= 15 is 0 Å². The van der Waals surface area contributed by atoms with Crippen LogP contribution in [0.3, 0.4) is 0 Å². The van der Waals surface area contributed by atoms with Gasteiger partial charge in [-0.05, 0) is 36.9 Å². The number of rotatable bonds is 4. The molecule has 16 heavy (non-hydrogen) atoms. The Balaban J connectivity index is 2.01. The van der Waals surface area contributed by atoms with E-state index in [1.54, 1.807) is 7.11 Å². The van der Waals surface area contributed by atoms with Crippen LogP contribution in [0.25, 0.3) is 0 Å². The number of ether oxygens (including phenoxy) is 1. The van der Waals surface area contributed by atoms with Gasteiger partial charge >= 0.3 is 0 Å². The molecule has 0 saturated carbocycles. The van der Waals surface area contributed by atoms with Crippen molar-refractivity contribution in [2.24, 2.45) is 0 Å². The normalized spacial score (nSPS) is 20.9. The first kappa shape index (κ1) is 11.6. The fourth-order valence-corrected chi connectivity index (χ4v) is 2.42. The van der Waals surface area contributed by atoms with Crippen molar-refractivity contribution >= 4 is 0 Å². The Kier molecular flexibility index (Phi) is 4.37. The Morgan fingerprint density at radius 1 is 1.25 bits per heavy atom. The summed E-state index contributed by atoms with van der Waals surface area (Å²) in [5.41, 5.74) is 2.76. The van der Waals surface area contributed by atoms with Crippen molar-refractivity contribution in [3.05, 3.63) is 35.4 Å². The van der Waals surface area contributed by atoms with Crippen LogP contribution in [0.5, 0.6) is 0 Å². The molecule has 2 nitrogen and oxygen atoms in total. The number of piperidine rings is 1. The molecule has 0 aromatic heterocycles. The number of hydrogen-bond donors (Lipinski definition) is 1. The first-order valence-corrected chi connectivity index (χ1v) is 6.19. The Labute approximate surface area is 98.0 Å². The summed E-state index contributed by atoms with van der Waals surface area (Å²) in [5, 5.41) is 3.60. The monoisotopic (exact) mass is 219 g/mol. The third-order valence-corrected chi connectivity index (χ3v) is 3.30. The summed E-state index contributed by atoms with van der Waals surface area (Å²) < 4.78 is 5.24. The van der Waals surface area contributed by atoms with Crippen molar-refractivity contribution in [1.82, 2.24) is 5.32 Å². The van der Waals surface area contributed by atoms with Gasteiger partial charge in [-0.25, -0.2) is 0 Å². The van der Waals surface area contributed by atoms with Crippen LogP contribution in [0.15, 0.2) is 24.3 Å². The molecule has 1 aliphatic rings. The van der Waals surface area contributed by atoms with Crippen molar-refractivity contribution in [3.8, 4) is 0 Å². The number of methoxy groups -OCH3 is 1. The highest BCUT2D eigenvalue weighted by molar-refractivity contribution is 5.27. The summed E-state index contributed by atoms with van der Waals surface area (Å²) >= 11 is 0. The van der Waals surface area contributed by atoms with Crippen LogP contribution in [0.1, 0.15) is 30.4 Å². The molecule has 1 saturated heterocycles. The third-order valence-electron chi connectivity index (χ3n) is 3.30. The molecule has 2 rings (SSSR count). The largest absolute Gasteiger partial charge is 0.380 e. The molecule has 88 valence electrons. The predicted molar refractivity (Wildman–Crippen MR) is 66.5 cm³/mol. The fraction of sp³-hybridized carbons (Fsp3) is 0.571. The van der Waals surface area contributed by atoms with Crippen LogP contribution >= 0.6 is 0 Å². The lowest BCUT2D eigenvalue weighted by Crippen LogP contribution is -2.35. The third kappa shape index (κ3) is 3.06. The molecule has 1 N–H and O–H groups in total. The van der Waals surface area contributed by atoms with Crippen LogP contribution in [0.4, 0.5) is 0 Å². The summed E-state index contributed by atoms with van der Waals surface area (Å²) in [6.07, 6.45) is 5.14. The maximum absolute atomic E-state index is 5.24. The standard InChI is InChI=1S/C14H21NO/c1-16-11-13-7-3-2-6-12(13)10-14-8-4-5-9-15-14/h2-3,6-7,14-15H,4-5,8-11H2,1H3. The second kappa shape index (κ2) is 6.02. The Bertz CT molecular complexity index is 318. The van der Waals surface area contributed by atoms with Crippen molar-refractivity contribution in [2.75, 3.05) is 13.7 Å². The number of benzene rings is 1. The van der Waals surface area contributed by atoms with Crippen LogP contribution < -0.4 is 5.32 Å². The van der Waals surface area contributed by atoms with E-state index in [9.17, 15) is 0 Å². The SMILES string of the molecule is COCc1ccccc1CC1CCCCN1. The van der Waals surface area contributed by atoms with Crippen molar-refractivity contribution in [1.29, 1.82) is 0 Å². The summed E-state index contributed by atoms with van der Waals surface area (Å²) in [5.74, 6) is 0. The average molecular weight is 219 g/mol. The highest BCUT2D eigenvalue weighted by Gasteiger charge is 2.14. The molecule has 1 aromatic rings. The maximum atomic E-state index is 5.24. The fourth-order valence-electron chi connectivity index (χ4n) is 2.42. The van der Waals surface area contributed by atoms with Gasteiger partial charge in [-0.1, -0.05) is 30.7 Å². The molecular weight excluding hydrogens is 198 g/mol. The summed E-state index contributed by atoms with van der Waals surface area (Å²) in [6, 6.07) is 9.27. The van der Waals surface area contributed by atoms with Crippen molar-refractivity contribution < 1.29 is 4.74 Å². The lowest BCUT2D eigenvalue weighted by molar-refractivity contribution is 0.184. The quantitative estimate of drug-likeness (QED) is 0.840. The molecule has 1 fully saturated rings. The maximum Gasteiger partial charge on any atom is 0.0715 e. The van der Waals surface area contributed by atoms with Gasteiger partial charge in [-0.2, -0.15) is 0 Å². The zero-order valence-corrected chi connectivity index (χ0v) is 10.0.